The topological polar surface area (TPSA) is 77.3 Å². The average molecular weight is 636 g/mol. The lowest BCUT2D eigenvalue weighted by atomic mass is 10.3. The summed E-state index contributed by atoms with van der Waals surface area (Å²) in [5.41, 5.74) is 0.412. The van der Waals surface area contributed by atoms with Crippen LogP contribution >= 0.6 is 85.5 Å². The summed E-state index contributed by atoms with van der Waals surface area (Å²) in [5.74, 6) is -1.88. The highest BCUT2D eigenvalue weighted by atomic mass is 79.9. The Bertz CT molecular complexity index is 1080. The average Bonchev–Trinajstić information content (AvgIpc) is 2.71. The molecule has 1 atom stereocenters. The third-order valence-corrected chi connectivity index (χ3v) is 4.76. The summed E-state index contributed by atoms with van der Waals surface area (Å²) in [5, 5.41) is -0.856. The Kier molecular flexibility index (Phi) is 12.7. The Hall–Kier alpha value is -0.750. The molecule has 0 aliphatic carbocycles. The van der Waals surface area contributed by atoms with Crippen molar-refractivity contribution < 1.29 is 13.2 Å². The highest BCUT2D eigenvalue weighted by Crippen LogP contribution is 2.26. The summed E-state index contributed by atoms with van der Waals surface area (Å²) in [6, 6.07) is 0. The molecular formula is C16H10BrCl6F3N6. The van der Waals surface area contributed by atoms with Gasteiger partial charge in [-0.15, -0.1) is 0 Å². The summed E-state index contributed by atoms with van der Waals surface area (Å²) in [7, 11) is 0. The zero-order valence-corrected chi connectivity index (χ0v) is 21.9. The number of alkyl halides is 1. The fourth-order valence-electron chi connectivity index (χ4n) is 1.67. The lowest BCUT2D eigenvalue weighted by Crippen LogP contribution is -1.99. The van der Waals surface area contributed by atoms with Gasteiger partial charge in [-0.25, -0.2) is 43.1 Å². The first-order valence-electron chi connectivity index (χ1n) is 8.10. The SMILES string of the molecule is CC(Br)c1nc(Cl)nc(Cl)c1F.CCc1nc(Cl)nc(Cl)c1F.Fc1cnc(Cl)nc1Cl. The minimum absolute atomic E-state index is 0.0201. The van der Waals surface area contributed by atoms with E-state index in [1.807, 2.05) is 0 Å². The van der Waals surface area contributed by atoms with E-state index < -0.39 is 17.5 Å². The van der Waals surface area contributed by atoms with Gasteiger partial charge in [0.2, 0.25) is 15.9 Å². The third kappa shape index (κ3) is 9.24. The highest BCUT2D eigenvalue weighted by molar-refractivity contribution is 9.09. The van der Waals surface area contributed by atoms with E-state index in [1.165, 1.54) is 0 Å². The van der Waals surface area contributed by atoms with Gasteiger partial charge in [0.25, 0.3) is 0 Å². The molecule has 0 amide bonds. The molecule has 0 spiro atoms. The summed E-state index contributed by atoms with van der Waals surface area (Å²) in [6.45, 7) is 3.48. The van der Waals surface area contributed by atoms with Crippen molar-refractivity contribution in [3.8, 4) is 0 Å². The van der Waals surface area contributed by atoms with Crippen LogP contribution in [0.2, 0.25) is 31.3 Å². The predicted octanol–water partition coefficient (Wildman–Crippen LogP) is 7.79. The van der Waals surface area contributed by atoms with Crippen molar-refractivity contribution in [3.63, 3.8) is 0 Å². The number of aromatic nitrogens is 6. The van der Waals surface area contributed by atoms with E-state index in [9.17, 15) is 13.2 Å². The lowest BCUT2D eigenvalue weighted by Gasteiger charge is -2.04. The number of aryl methyl sites for hydroxylation is 1. The van der Waals surface area contributed by atoms with Crippen molar-refractivity contribution in [2.75, 3.05) is 0 Å². The summed E-state index contributed by atoms with van der Waals surface area (Å²) in [6.07, 6.45) is 1.37. The van der Waals surface area contributed by atoms with E-state index in [0.29, 0.717) is 6.42 Å². The van der Waals surface area contributed by atoms with Crippen molar-refractivity contribution in [2.45, 2.75) is 25.1 Å². The Labute approximate surface area is 219 Å². The second-order valence-corrected chi connectivity index (χ2v) is 8.74. The Morgan fingerprint density at radius 1 is 0.781 bits per heavy atom. The first-order chi connectivity index (χ1) is 14.9. The second kappa shape index (κ2) is 13.8. The molecule has 0 saturated carbocycles. The van der Waals surface area contributed by atoms with Crippen LogP contribution in [0.1, 0.15) is 30.1 Å². The molecule has 0 N–H and O–H groups in total. The number of rotatable bonds is 2. The molecule has 16 heteroatoms. The van der Waals surface area contributed by atoms with Gasteiger partial charge in [0.05, 0.1) is 22.4 Å². The molecular weight excluding hydrogens is 626 g/mol. The van der Waals surface area contributed by atoms with Crippen molar-refractivity contribution in [3.05, 3.63) is 66.3 Å². The quantitative estimate of drug-likeness (QED) is 0.163. The lowest BCUT2D eigenvalue weighted by molar-refractivity contribution is 0.593. The second-order valence-electron chi connectivity index (χ2n) is 5.27. The summed E-state index contributed by atoms with van der Waals surface area (Å²) < 4.78 is 38.1. The van der Waals surface area contributed by atoms with Gasteiger partial charge in [0, 0.05) is 0 Å². The zero-order valence-electron chi connectivity index (χ0n) is 15.8. The van der Waals surface area contributed by atoms with Gasteiger partial charge in [-0.2, -0.15) is 0 Å². The van der Waals surface area contributed by atoms with Gasteiger partial charge in [-0.3, -0.25) is 0 Å². The van der Waals surface area contributed by atoms with E-state index in [4.69, 9.17) is 69.6 Å². The van der Waals surface area contributed by atoms with Crippen LogP contribution in [-0.4, -0.2) is 29.9 Å². The van der Waals surface area contributed by atoms with Crippen LogP contribution in [0.5, 0.6) is 0 Å². The van der Waals surface area contributed by atoms with Gasteiger partial charge >= 0.3 is 0 Å². The molecule has 1 unspecified atom stereocenters. The van der Waals surface area contributed by atoms with Crippen LogP contribution in [0.15, 0.2) is 6.20 Å². The number of halogens is 10. The van der Waals surface area contributed by atoms with E-state index in [2.05, 4.69) is 45.8 Å². The Morgan fingerprint density at radius 2 is 1.28 bits per heavy atom. The van der Waals surface area contributed by atoms with Crippen LogP contribution in [0.25, 0.3) is 0 Å². The molecule has 0 fully saturated rings. The monoisotopic (exact) mass is 632 g/mol. The van der Waals surface area contributed by atoms with Gasteiger partial charge in [0.1, 0.15) is 0 Å². The molecule has 174 valence electrons. The first-order valence-corrected chi connectivity index (χ1v) is 11.3. The summed E-state index contributed by atoms with van der Waals surface area (Å²) in [4.78, 5) is 20.6. The minimum atomic E-state index is -0.666. The Balaban J connectivity index is 0.000000242. The number of hydrogen-bond acceptors (Lipinski definition) is 6. The maximum atomic E-state index is 13.1. The van der Waals surface area contributed by atoms with Crippen molar-refractivity contribution in [1.29, 1.82) is 0 Å². The molecule has 6 nitrogen and oxygen atoms in total. The normalized spacial score (nSPS) is 11.1. The predicted molar refractivity (Wildman–Crippen MR) is 123 cm³/mol. The molecule has 3 rings (SSSR count). The zero-order chi connectivity index (χ0) is 24.6. The molecule has 0 aromatic carbocycles. The van der Waals surface area contributed by atoms with Crippen molar-refractivity contribution >= 4 is 85.5 Å². The fraction of sp³-hybridized carbons (Fsp3) is 0.250. The molecule has 3 heterocycles. The molecule has 0 saturated heterocycles. The van der Waals surface area contributed by atoms with Gasteiger partial charge in [-0.05, 0) is 48.1 Å². The fourth-order valence-corrected chi connectivity index (χ4v) is 3.09. The van der Waals surface area contributed by atoms with Crippen molar-refractivity contribution in [2.24, 2.45) is 0 Å². The maximum absolute atomic E-state index is 13.1. The van der Waals surface area contributed by atoms with E-state index in [0.717, 1.165) is 6.20 Å². The van der Waals surface area contributed by atoms with Gasteiger partial charge in [-0.1, -0.05) is 57.7 Å². The number of nitrogens with zero attached hydrogens (tertiary/aromatic N) is 6. The van der Waals surface area contributed by atoms with Crippen LogP contribution in [0, 0.1) is 17.5 Å². The van der Waals surface area contributed by atoms with Crippen LogP contribution in [-0.2, 0) is 6.42 Å². The largest absolute Gasteiger partial charge is 0.224 e. The van der Waals surface area contributed by atoms with Crippen LogP contribution in [0.3, 0.4) is 0 Å². The Morgan fingerprint density at radius 3 is 1.75 bits per heavy atom. The third-order valence-electron chi connectivity index (χ3n) is 3.04. The number of hydrogen-bond donors (Lipinski definition) is 0. The van der Waals surface area contributed by atoms with E-state index >= 15 is 0 Å². The van der Waals surface area contributed by atoms with Gasteiger partial charge in [0.15, 0.2) is 32.9 Å². The molecule has 3 aromatic heterocycles. The smallest absolute Gasteiger partial charge is 0.223 e. The summed E-state index contributed by atoms with van der Waals surface area (Å²) >= 11 is 35.3. The molecule has 0 aliphatic rings. The van der Waals surface area contributed by atoms with Crippen molar-refractivity contribution in [1.82, 2.24) is 29.9 Å². The standard InChI is InChI=1S/C6H4BrCl2FN2.C6H5Cl2FN2.C4HCl2FN2/c1-2(7)4-3(10)5(8)12-6(9)11-4;1-2-3-4(9)5(7)11-6(8)10-3;5-3-2(7)1-8-4(6)9-3/h2H,1H3;2H2,1H3;1H. The van der Waals surface area contributed by atoms with Gasteiger partial charge < -0.3 is 0 Å². The van der Waals surface area contributed by atoms with E-state index in [1.54, 1.807) is 13.8 Å². The maximum Gasteiger partial charge on any atom is 0.224 e. The molecule has 0 radical (unpaired) electrons. The van der Waals surface area contributed by atoms with Crippen LogP contribution in [0.4, 0.5) is 13.2 Å². The minimum Gasteiger partial charge on any atom is -0.223 e. The highest BCUT2D eigenvalue weighted by Gasteiger charge is 2.15. The molecule has 3 aromatic rings. The molecule has 0 aliphatic heterocycles. The molecule has 32 heavy (non-hydrogen) atoms. The van der Waals surface area contributed by atoms with Crippen LogP contribution < -0.4 is 0 Å². The first kappa shape index (κ1) is 29.3. The molecule has 0 bridgehead atoms. The van der Waals surface area contributed by atoms with E-state index in [-0.39, 0.29) is 47.5 Å².